The van der Waals surface area contributed by atoms with Crippen LogP contribution in [0.4, 0.5) is 4.39 Å². The highest BCUT2D eigenvalue weighted by Crippen LogP contribution is 2.40. The third-order valence-electron chi connectivity index (χ3n) is 3.36. The van der Waals surface area contributed by atoms with Crippen LogP contribution in [-0.2, 0) is 4.79 Å². The Hall–Kier alpha value is -1.38. The van der Waals surface area contributed by atoms with Crippen LogP contribution in [-0.4, -0.2) is 11.9 Å². The molecule has 1 amide bonds. The molecule has 2 atom stereocenters. The van der Waals surface area contributed by atoms with E-state index in [1.54, 1.807) is 12.1 Å². The zero-order valence-electron chi connectivity index (χ0n) is 10.9. The molecule has 1 aromatic carbocycles. The lowest BCUT2D eigenvalue weighted by Gasteiger charge is -2.06. The van der Waals surface area contributed by atoms with E-state index in [9.17, 15) is 9.18 Å². The topological polar surface area (TPSA) is 29.1 Å². The number of carbonyl (C=O) groups excluding carboxylic acids is 1. The Balaban J connectivity index is 1.79. The maximum atomic E-state index is 13.1. The van der Waals surface area contributed by atoms with Crippen molar-refractivity contribution in [3.05, 3.63) is 35.6 Å². The van der Waals surface area contributed by atoms with Crippen LogP contribution in [0, 0.1) is 11.7 Å². The molecule has 1 fully saturated rings. The molecule has 2 rings (SSSR count). The SMILES string of the molecule is CC(C)CCC(=O)N[C@@H]1C[C@H]1c1cccc(F)c1. The minimum atomic E-state index is -0.204. The van der Waals surface area contributed by atoms with Crippen LogP contribution in [0.25, 0.3) is 0 Å². The number of halogens is 1. The summed E-state index contributed by atoms with van der Waals surface area (Å²) < 4.78 is 13.1. The Bertz CT molecular complexity index is 430. The van der Waals surface area contributed by atoms with Crippen molar-refractivity contribution in [2.75, 3.05) is 0 Å². The van der Waals surface area contributed by atoms with E-state index in [1.807, 2.05) is 6.07 Å². The van der Waals surface area contributed by atoms with E-state index < -0.39 is 0 Å². The molecule has 0 unspecified atom stereocenters. The summed E-state index contributed by atoms with van der Waals surface area (Å²) in [5, 5.41) is 3.02. The zero-order chi connectivity index (χ0) is 13.1. The maximum absolute atomic E-state index is 13.1. The van der Waals surface area contributed by atoms with E-state index >= 15 is 0 Å². The van der Waals surface area contributed by atoms with Gasteiger partial charge in [0.2, 0.25) is 5.91 Å². The van der Waals surface area contributed by atoms with Gasteiger partial charge in [0.25, 0.3) is 0 Å². The lowest BCUT2D eigenvalue weighted by atomic mass is 10.1. The average Bonchev–Trinajstić information content (AvgIpc) is 3.06. The molecule has 0 heterocycles. The first-order chi connectivity index (χ1) is 8.56. The van der Waals surface area contributed by atoms with Crippen molar-refractivity contribution in [1.82, 2.24) is 5.32 Å². The van der Waals surface area contributed by atoms with Gasteiger partial charge in [0, 0.05) is 18.4 Å². The van der Waals surface area contributed by atoms with Crippen LogP contribution in [0.15, 0.2) is 24.3 Å². The van der Waals surface area contributed by atoms with E-state index in [2.05, 4.69) is 19.2 Å². The molecular weight excluding hydrogens is 229 g/mol. The third-order valence-corrected chi connectivity index (χ3v) is 3.36. The van der Waals surface area contributed by atoms with Gasteiger partial charge < -0.3 is 5.32 Å². The molecule has 0 radical (unpaired) electrons. The average molecular weight is 249 g/mol. The summed E-state index contributed by atoms with van der Waals surface area (Å²) in [6.45, 7) is 4.22. The van der Waals surface area contributed by atoms with Gasteiger partial charge in [0.1, 0.15) is 5.82 Å². The molecular formula is C15H20FNO. The number of hydrogen-bond donors (Lipinski definition) is 1. The van der Waals surface area contributed by atoms with Crippen LogP contribution in [0.5, 0.6) is 0 Å². The van der Waals surface area contributed by atoms with Crippen molar-refractivity contribution >= 4 is 5.91 Å². The van der Waals surface area contributed by atoms with Crippen LogP contribution in [0.3, 0.4) is 0 Å². The third kappa shape index (κ3) is 3.56. The van der Waals surface area contributed by atoms with Gasteiger partial charge in [0.05, 0.1) is 0 Å². The molecule has 0 spiro atoms. The largest absolute Gasteiger partial charge is 0.353 e. The van der Waals surface area contributed by atoms with Gasteiger partial charge in [-0.2, -0.15) is 0 Å². The van der Waals surface area contributed by atoms with Crippen molar-refractivity contribution < 1.29 is 9.18 Å². The Labute approximate surface area is 108 Å². The Morgan fingerprint density at radius 3 is 2.94 bits per heavy atom. The molecule has 1 aliphatic rings. The van der Waals surface area contributed by atoms with Gasteiger partial charge >= 0.3 is 0 Å². The van der Waals surface area contributed by atoms with Gasteiger partial charge in [-0.1, -0.05) is 26.0 Å². The van der Waals surface area contributed by atoms with Crippen LogP contribution in [0.1, 0.15) is 44.6 Å². The minimum Gasteiger partial charge on any atom is -0.353 e. The summed E-state index contributed by atoms with van der Waals surface area (Å²) in [6.07, 6.45) is 2.43. The van der Waals surface area contributed by atoms with E-state index in [0.29, 0.717) is 18.3 Å². The molecule has 1 aliphatic carbocycles. The summed E-state index contributed by atoms with van der Waals surface area (Å²) in [5.41, 5.74) is 0.990. The van der Waals surface area contributed by atoms with Crippen LogP contribution >= 0.6 is 0 Å². The summed E-state index contributed by atoms with van der Waals surface area (Å²) >= 11 is 0. The molecule has 1 N–H and O–H groups in total. The number of benzene rings is 1. The smallest absolute Gasteiger partial charge is 0.220 e. The van der Waals surface area contributed by atoms with Gasteiger partial charge in [-0.05, 0) is 36.5 Å². The number of rotatable bonds is 5. The number of hydrogen-bond acceptors (Lipinski definition) is 1. The molecule has 18 heavy (non-hydrogen) atoms. The normalized spacial score (nSPS) is 22.0. The Morgan fingerprint density at radius 2 is 2.28 bits per heavy atom. The summed E-state index contributed by atoms with van der Waals surface area (Å²) in [7, 11) is 0. The highest BCUT2D eigenvalue weighted by molar-refractivity contribution is 5.76. The second kappa shape index (κ2) is 5.51. The molecule has 3 heteroatoms. The predicted molar refractivity (Wildman–Crippen MR) is 69.8 cm³/mol. The molecule has 0 saturated heterocycles. The van der Waals surface area contributed by atoms with Gasteiger partial charge in [-0.15, -0.1) is 0 Å². The Morgan fingerprint density at radius 1 is 1.50 bits per heavy atom. The lowest BCUT2D eigenvalue weighted by Crippen LogP contribution is -2.26. The van der Waals surface area contributed by atoms with E-state index in [0.717, 1.165) is 18.4 Å². The first kappa shape index (κ1) is 13.1. The molecule has 1 saturated carbocycles. The summed E-state index contributed by atoms with van der Waals surface area (Å²) in [6, 6.07) is 6.85. The monoisotopic (exact) mass is 249 g/mol. The predicted octanol–water partition coefficient (Wildman–Crippen LogP) is 3.23. The molecule has 0 aliphatic heterocycles. The lowest BCUT2D eigenvalue weighted by molar-refractivity contribution is -0.121. The van der Waals surface area contributed by atoms with E-state index in [-0.39, 0.29) is 17.8 Å². The second-order valence-corrected chi connectivity index (χ2v) is 5.50. The van der Waals surface area contributed by atoms with E-state index in [1.165, 1.54) is 6.07 Å². The maximum Gasteiger partial charge on any atom is 0.220 e. The van der Waals surface area contributed by atoms with E-state index in [4.69, 9.17) is 0 Å². The van der Waals surface area contributed by atoms with Crippen molar-refractivity contribution in [1.29, 1.82) is 0 Å². The fraction of sp³-hybridized carbons (Fsp3) is 0.533. The fourth-order valence-corrected chi connectivity index (χ4v) is 2.16. The van der Waals surface area contributed by atoms with Crippen LogP contribution in [0.2, 0.25) is 0 Å². The second-order valence-electron chi connectivity index (χ2n) is 5.50. The number of nitrogens with one attached hydrogen (secondary N) is 1. The Kier molecular flexibility index (Phi) is 4.00. The number of carbonyl (C=O) groups is 1. The van der Waals surface area contributed by atoms with Gasteiger partial charge in [0.15, 0.2) is 0 Å². The quantitative estimate of drug-likeness (QED) is 0.852. The zero-order valence-corrected chi connectivity index (χ0v) is 10.9. The van der Waals surface area contributed by atoms with Crippen LogP contribution < -0.4 is 5.32 Å². The standard InChI is InChI=1S/C15H20FNO/c1-10(2)6-7-15(18)17-14-9-13(14)11-4-3-5-12(16)8-11/h3-5,8,10,13-14H,6-7,9H2,1-2H3,(H,17,18)/t13-,14+/m0/s1. The van der Waals surface area contributed by atoms with Gasteiger partial charge in [-0.25, -0.2) is 4.39 Å². The first-order valence-electron chi connectivity index (χ1n) is 6.61. The highest BCUT2D eigenvalue weighted by Gasteiger charge is 2.39. The molecule has 2 nitrogen and oxygen atoms in total. The first-order valence-corrected chi connectivity index (χ1v) is 6.61. The highest BCUT2D eigenvalue weighted by atomic mass is 19.1. The summed E-state index contributed by atoms with van der Waals surface area (Å²) in [5.74, 6) is 0.759. The van der Waals surface area contributed by atoms with Gasteiger partial charge in [-0.3, -0.25) is 4.79 Å². The number of amides is 1. The van der Waals surface area contributed by atoms with Crippen molar-refractivity contribution in [3.63, 3.8) is 0 Å². The molecule has 0 aromatic heterocycles. The van der Waals surface area contributed by atoms with Crippen molar-refractivity contribution in [2.24, 2.45) is 5.92 Å². The molecule has 1 aromatic rings. The summed E-state index contributed by atoms with van der Waals surface area (Å²) in [4.78, 5) is 11.7. The molecule has 0 bridgehead atoms. The van der Waals surface area contributed by atoms with Crippen molar-refractivity contribution in [3.8, 4) is 0 Å². The van der Waals surface area contributed by atoms with Crippen molar-refractivity contribution in [2.45, 2.75) is 45.1 Å². The fourth-order valence-electron chi connectivity index (χ4n) is 2.16. The molecule has 98 valence electrons. The minimum absolute atomic E-state index is 0.118.